The molecule has 4 heteroatoms. The fourth-order valence-electron chi connectivity index (χ4n) is 8.24. The SMILES string of the molecule is c1ccc(-c2cccc(N(c3ccc(-c4ccc5c(c4)oc4ccc(N(c6ccccc6)c6ccccc6)cc45)cc3)c3ccc4c(c3)sc3ccccc34)c2)cc1. The van der Waals surface area contributed by atoms with Crippen molar-refractivity contribution in [3.8, 4) is 22.3 Å². The number of furan rings is 1. The Morgan fingerprint density at radius 1 is 0.276 bits per heavy atom. The van der Waals surface area contributed by atoms with Crippen molar-refractivity contribution >= 4 is 87.6 Å². The number of para-hydroxylation sites is 2. The van der Waals surface area contributed by atoms with Crippen LogP contribution in [0.25, 0.3) is 64.4 Å². The first-order valence-electron chi connectivity index (χ1n) is 19.6. The van der Waals surface area contributed by atoms with E-state index in [2.05, 4.69) is 228 Å². The van der Waals surface area contributed by atoms with Gasteiger partial charge < -0.3 is 14.2 Å². The predicted octanol–water partition coefficient (Wildman–Crippen LogP) is 16.2. The number of hydrogen-bond donors (Lipinski definition) is 0. The van der Waals surface area contributed by atoms with Gasteiger partial charge in [0.2, 0.25) is 0 Å². The van der Waals surface area contributed by atoms with E-state index in [1.807, 2.05) is 11.3 Å². The second-order valence-corrected chi connectivity index (χ2v) is 15.7. The maximum absolute atomic E-state index is 6.52. The number of anilines is 6. The second-order valence-electron chi connectivity index (χ2n) is 14.6. The number of nitrogens with zero attached hydrogens (tertiary/aromatic N) is 2. The van der Waals surface area contributed by atoms with Crippen LogP contribution >= 0.6 is 11.3 Å². The molecule has 58 heavy (non-hydrogen) atoms. The summed E-state index contributed by atoms with van der Waals surface area (Å²) in [6.07, 6.45) is 0. The summed E-state index contributed by atoms with van der Waals surface area (Å²) in [6, 6.07) is 78.0. The van der Waals surface area contributed by atoms with Crippen LogP contribution in [0.2, 0.25) is 0 Å². The molecule has 0 unspecified atom stereocenters. The number of benzene rings is 9. The Hall–Kier alpha value is -7.40. The van der Waals surface area contributed by atoms with E-state index < -0.39 is 0 Å². The van der Waals surface area contributed by atoms with Gasteiger partial charge in [-0.15, -0.1) is 11.3 Å². The zero-order chi connectivity index (χ0) is 38.4. The minimum Gasteiger partial charge on any atom is -0.456 e. The molecule has 9 aromatic carbocycles. The van der Waals surface area contributed by atoms with Crippen molar-refractivity contribution in [2.24, 2.45) is 0 Å². The molecule has 0 atom stereocenters. The third-order valence-corrected chi connectivity index (χ3v) is 12.2. The maximum Gasteiger partial charge on any atom is 0.136 e. The van der Waals surface area contributed by atoms with Gasteiger partial charge in [0.15, 0.2) is 0 Å². The minimum absolute atomic E-state index is 0.871. The fraction of sp³-hybridized carbons (Fsp3) is 0. The standard InChI is InChI=1S/C54H36N2OS/c1-4-13-37(14-5-1)39-15-12-20-44(33-39)56(46-28-31-49-48-21-10-11-22-53(48)58-54(49)36-46)43-26-23-38(24-27-43)40-25-30-47-50-35-45(29-32-51(50)57-52(47)34-40)55(41-16-6-2-7-17-41)42-18-8-3-9-19-42/h1-36H. The molecule has 0 saturated carbocycles. The topological polar surface area (TPSA) is 19.6 Å². The van der Waals surface area contributed by atoms with Crippen LogP contribution in [0.1, 0.15) is 0 Å². The van der Waals surface area contributed by atoms with Crippen molar-refractivity contribution < 1.29 is 4.42 Å². The Balaban J connectivity index is 0.967. The first kappa shape index (κ1) is 33.9. The van der Waals surface area contributed by atoms with E-state index in [9.17, 15) is 0 Å². The van der Waals surface area contributed by atoms with Gasteiger partial charge in [-0.05, 0) is 119 Å². The van der Waals surface area contributed by atoms with Gasteiger partial charge in [0, 0.05) is 65.1 Å². The van der Waals surface area contributed by atoms with Gasteiger partial charge in [0.1, 0.15) is 11.2 Å². The lowest BCUT2D eigenvalue weighted by atomic mass is 10.0. The molecule has 0 saturated heterocycles. The first-order valence-corrected chi connectivity index (χ1v) is 20.4. The Kier molecular flexibility index (Phi) is 8.34. The highest BCUT2D eigenvalue weighted by Crippen LogP contribution is 2.43. The second kappa shape index (κ2) is 14.3. The summed E-state index contributed by atoms with van der Waals surface area (Å²) in [6.45, 7) is 0. The molecule has 0 aliphatic heterocycles. The lowest BCUT2D eigenvalue weighted by Gasteiger charge is -2.26. The molecule has 0 amide bonds. The van der Waals surface area contributed by atoms with Crippen LogP contribution in [0.5, 0.6) is 0 Å². The number of fused-ring (bicyclic) bond motifs is 6. The minimum atomic E-state index is 0.871. The Bertz CT molecular complexity index is 3190. The van der Waals surface area contributed by atoms with Crippen LogP contribution in [-0.2, 0) is 0 Å². The molecule has 0 radical (unpaired) electrons. The maximum atomic E-state index is 6.52. The average Bonchev–Trinajstić information content (AvgIpc) is 3.85. The molecular weight excluding hydrogens is 725 g/mol. The highest BCUT2D eigenvalue weighted by molar-refractivity contribution is 7.25. The van der Waals surface area contributed by atoms with Crippen molar-refractivity contribution in [3.05, 3.63) is 218 Å². The summed E-state index contributed by atoms with van der Waals surface area (Å²) in [5.74, 6) is 0. The van der Waals surface area contributed by atoms with Crippen molar-refractivity contribution in [2.45, 2.75) is 0 Å². The normalized spacial score (nSPS) is 11.4. The molecule has 2 aromatic heterocycles. The zero-order valence-electron chi connectivity index (χ0n) is 31.5. The Labute approximate surface area is 340 Å². The molecule has 2 heterocycles. The van der Waals surface area contributed by atoms with E-state index in [0.29, 0.717) is 0 Å². The van der Waals surface area contributed by atoms with Gasteiger partial charge in [-0.3, -0.25) is 0 Å². The van der Waals surface area contributed by atoms with E-state index >= 15 is 0 Å². The van der Waals surface area contributed by atoms with Crippen LogP contribution < -0.4 is 9.80 Å². The summed E-state index contributed by atoms with van der Waals surface area (Å²) >= 11 is 1.85. The predicted molar refractivity (Wildman–Crippen MR) is 247 cm³/mol. The Morgan fingerprint density at radius 2 is 0.776 bits per heavy atom. The lowest BCUT2D eigenvalue weighted by molar-refractivity contribution is 0.669. The molecule has 11 rings (SSSR count). The quantitative estimate of drug-likeness (QED) is 0.154. The molecular formula is C54H36N2OS. The average molecular weight is 761 g/mol. The van der Waals surface area contributed by atoms with E-state index in [1.165, 1.54) is 31.3 Å². The van der Waals surface area contributed by atoms with Gasteiger partial charge in [-0.25, -0.2) is 0 Å². The summed E-state index contributed by atoms with van der Waals surface area (Å²) < 4.78 is 9.10. The third-order valence-electron chi connectivity index (χ3n) is 11.0. The van der Waals surface area contributed by atoms with E-state index in [1.54, 1.807) is 0 Å². The third kappa shape index (κ3) is 6.08. The summed E-state index contributed by atoms with van der Waals surface area (Å²) in [7, 11) is 0. The molecule has 3 nitrogen and oxygen atoms in total. The highest BCUT2D eigenvalue weighted by atomic mass is 32.1. The van der Waals surface area contributed by atoms with E-state index in [-0.39, 0.29) is 0 Å². The number of rotatable bonds is 8. The summed E-state index contributed by atoms with van der Waals surface area (Å²) in [5, 5.41) is 4.79. The van der Waals surface area contributed by atoms with Crippen molar-refractivity contribution in [1.82, 2.24) is 0 Å². The monoisotopic (exact) mass is 760 g/mol. The molecule has 0 fully saturated rings. The summed E-state index contributed by atoms with van der Waals surface area (Å²) in [5.41, 5.74) is 13.0. The smallest absolute Gasteiger partial charge is 0.136 e. The van der Waals surface area contributed by atoms with Gasteiger partial charge in [-0.2, -0.15) is 0 Å². The van der Waals surface area contributed by atoms with Crippen LogP contribution in [0.3, 0.4) is 0 Å². The van der Waals surface area contributed by atoms with Crippen molar-refractivity contribution in [3.63, 3.8) is 0 Å². The fourth-order valence-corrected chi connectivity index (χ4v) is 9.38. The van der Waals surface area contributed by atoms with Crippen molar-refractivity contribution in [1.29, 1.82) is 0 Å². The van der Waals surface area contributed by atoms with E-state index in [4.69, 9.17) is 4.42 Å². The van der Waals surface area contributed by atoms with Gasteiger partial charge in [-0.1, -0.05) is 121 Å². The molecule has 0 aliphatic rings. The molecule has 0 aliphatic carbocycles. The molecule has 274 valence electrons. The molecule has 0 spiro atoms. The number of hydrogen-bond acceptors (Lipinski definition) is 4. The largest absolute Gasteiger partial charge is 0.456 e. The summed E-state index contributed by atoms with van der Waals surface area (Å²) in [4.78, 5) is 4.66. The lowest BCUT2D eigenvalue weighted by Crippen LogP contribution is -2.09. The van der Waals surface area contributed by atoms with Gasteiger partial charge in [0.25, 0.3) is 0 Å². The van der Waals surface area contributed by atoms with E-state index in [0.717, 1.165) is 67.2 Å². The van der Waals surface area contributed by atoms with Gasteiger partial charge >= 0.3 is 0 Å². The molecule has 0 bridgehead atoms. The molecule has 11 aromatic rings. The zero-order valence-corrected chi connectivity index (χ0v) is 32.3. The highest BCUT2D eigenvalue weighted by Gasteiger charge is 2.18. The van der Waals surface area contributed by atoms with Crippen LogP contribution in [0.15, 0.2) is 223 Å². The first-order chi connectivity index (χ1) is 28.7. The van der Waals surface area contributed by atoms with Crippen LogP contribution in [-0.4, -0.2) is 0 Å². The van der Waals surface area contributed by atoms with Crippen LogP contribution in [0.4, 0.5) is 34.1 Å². The number of thiophene rings is 1. The van der Waals surface area contributed by atoms with Crippen molar-refractivity contribution in [2.75, 3.05) is 9.80 Å². The Morgan fingerprint density at radius 3 is 1.55 bits per heavy atom. The van der Waals surface area contributed by atoms with Gasteiger partial charge in [0.05, 0.1) is 0 Å². The molecule has 0 N–H and O–H groups in total. The van der Waals surface area contributed by atoms with Crippen LogP contribution in [0, 0.1) is 0 Å².